The Kier molecular flexibility index (Phi) is 8.92. The van der Waals surface area contributed by atoms with Crippen LogP contribution in [-0.2, 0) is 28.5 Å². The van der Waals surface area contributed by atoms with Crippen molar-refractivity contribution in [1.82, 2.24) is 5.32 Å². The Balaban J connectivity index is 2.03. The molecule has 0 radical (unpaired) electrons. The standard InChI is InChI=1S/C25H28ClNO7/c1-15-21(24(28)32-12-10-30-3)23(22(16(2)27-15)25(29)33-13-11-31-4)20-9-8-19(34-20)17-6-5-7-18(26)14-17/h5-9,14,23,27H,10-13H2,1-4H3. The summed E-state index contributed by atoms with van der Waals surface area (Å²) >= 11 is 6.13. The van der Waals surface area contributed by atoms with E-state index in [1.807, 2.05) is 12.1 Å². The quantitative estimate of drug-likeness (QED) is 0.391. The number of hydrogen-bond acceptors (Lipinski definition) is 8. The molecule has 3 rings (SSSR count). The minimum Gasteiger partial charge on any atom is -0.460 e. The van der Waals surface area contributed by atoms with Crippen molar-refractivity contribution >= 4 is 23.5 Å². The van der Waals surface area contributed by atoms with Crippen LogP contribution in [0.1, 0.15) is 25.5 Å². The highest BCUT2D eigenvalue weighted by atomic mass is 35.5. The SMILES string of the molecule is COCCOC(=O)C1=C(C)NC(C)=C(C(=O)OCCOC)C1c1ccc(-c2cccc(Cl)c2)o1. The summed E-state index contributed by atoms with van der Waals surface area (Å²) in [4.78, 5) is 26.2. The molecule has 1 aromatic heterocycles. The lowest BCUT2D eigenvalue weighted by Crippen LogP contribution is -2.33. The van der Waals surface area contributed by atoms with E-state index in [4.69, 9.17) is 35.0 Å². The number of furan rings is 1. The second-order valence-electron chi connectivity index (χ2n) is 7.61. The van der Waals surface area contributed by atoms with Crippen molar-refractivity contribution in [3.63, 3.8) is 0 Å². The first kappa shape index (κ1) is 25.6. The van der Waals surface area contributed by atoms with E-state index in [9.17, 15) is 9.59 Å². The van der Waals surface area contributed by atoms with Crippen molar-refractivity contribution in [2.45, 2.75) is 19.8 Å². The number of hydrogen-bond donors (Lipinski definition) is 1. The van der Waals surface area contributed by atoms with Crippen molar-refractivity contribution in [2.24, 2.45) is 0 Å². The molecule has 9 heteroatoms. The average molecular weight is 490 g/mol. The van der Waals surface area contributed by atoms with Gasteiger partial charge < -0.3 is 28.7 Å². The zero-order valence-electron chi connectivity index (χ0n) is 19.6. The molecule has 2 aromatic rings. The highest BCUT2D eigenvalue weighted by Gasteiger charge is 2.40. The molecule has 0 saturated carbocycles. The van der Waals surface area contributed by atoms with Crippen molar-refractivity contribution in [3.05, 3.63) is 69.7 Å². The van der Waals surface area contributed by atoms with Crippen LogP contribution < -0.4 is 5.32 Å². The van der Waals surface area contributed by atoms with Gasteiger partial charge in [0.1, 0.15) is 24.7 Å². The van der Waals surface area contributed by atoms with Crippen LogP contribution >= 0.6 is 11.6 Å². The van der Waals surface area contributed by atoms with E-state index in [0.717, 1.165) is 5.56 Å². The zero-order chi connectivity index (χ0) is 24.7. The summed E-state index contributed by atoms with van der Waals surface area (Å²) in [5, 5.41) is 3.67. The van der Waals surface area contributed by atoms with Crippen LogP contribution in [0.15, 0.2) is 63.4 Å². The first-order chi connectivity index (χ1) is 16.4. The van der Waals surface area contributed by atoms with E-state index in [2.05, 4.69) is 5.32 Å². The molecule has 2 heterocycles. The summed E-state index contributed by atoms with van der Waals surface area (Å²) in [6.07, 6.45) is 0. The van der Waals surface area contributed by atoms with E-state index in [1.165, 1.54) is 14.2 Å². The summed E-state index contributed by atoms with van der Waals surface area (Å²) in [5.41, 5.74) is 2.39. The molecule has 1 aliphatic rings. The van der Waals surface area contributed by atoms with E-state index in [1.54, 1.807) is 38.1 Å². The summed E-state index contributed by atoms with van der Waals surface area (Å²) in [7, 11) is 3.04. The van der Waals surface area contributed by atoms with Crippen LogP contribution in [0.2, 0.25) is 5.02 Å². The van der Waals surface area contributed by atoms with Crippen molar-refractivity contribution in [1.29, 1.82) is 0 Å². The zero-order valence-corrected chi connectivity index (χ0v) is 20.4. The van der Waals surface area contributed by atoms with Gasteiger partial charge in [0.25, 0.3) is 0 Å². The lowest BCUT2D eigenvalue weighted by Gasteiger charge is -2.29. The van der Waals surface area contributed by atoms with Gasteiger partial charge in [-0.2, -0.15) is 0 Å². The van der Waals surface area contributed by atoms with Gasteiger partial charge in [-0.05, 0) is 38.1 Å². The van der Waals surface area contributed by atoms with Crippen molar-refractivity contribution in [3.8, 4) is 11.3 Å². The van der Waals surface area contributed by atoms with Crippen LogP contribution in [0.5, 0.6) is 0 Å². The predicted octanol–water partition coefficient (Wildman–Crippen LogP) is 4.21. The molecule has 0 amide bonds. The Labute approximate surface area is 203 Å². The van der Waals surface area contributed by atoms with Gasteiger partial charge in [0.05, 0.1) is 30.3 Å². The highest BCUT2D eigenvalue weighted by Crippen LogP contribution is 2.41. The van der Waals surface area contributed by atoms with Crippen LogP contribution in [-0.4, -0.2) is 52.6 Å². The third-order valence-electron chi connectivity index (χ3n) is 5.26. The number of esters is 2. The maximum atomic E-state index is 13.1. The van der Waals surface area contributed by atoms with Gasteiger partial charge in [-0.3, -0.25) is 0 Å². The van der Waals surface area contributed by atoms with Gasteiger partial charge >= 0.3 is 11.9 Å². The first-order valence-corrected chi connectivity index (χ1v) is 11.1. The number of nitrogens with one attached hydrogen (secondary N) is 1. The molecule has 0 unspecified atom stereocenters. The highest BCUT2D eigenvalue weighted by molar-refractivity contribution is 6.30. The monoisotopic (exact) mass is 489 g/mol. The molecule has 0 aliphatic carbocycles. The van der Waals surface area contributed by atoms with Gasteiger partial charge in [0, 0.05) is 36.2 Å². The Bertz CT molecular complexity index is 1060. The Morgan fingerprint density at radius 3 is 2.03 bits per heavy atom. The van der Waals surface area contributed by atoms with Crippen LogP contribution in [0.3, 0.4) is 0 Å². The fourth-order valence-electron chi connectivity index (χ4n) is 3.72. The summed E-state index contributed by atoms with van der Waals surface area (Å²) < 4.78 is 26.9. The maximum Gasteiger partial charge on any atom is 0.336 e. The summed E-state index contributed by atoms with van der Waals surface area (Å²) in [6.45, 7) is 4.13. The fraction of sp³-hybridized carbons (Fsp3) is 0.360. The number of carbonyl (C=O) groups is 2. The molecule has 1 N–H and O–H groups in total. The summed E-state index contributed by atoms with van der Waals surface area (Å²) in [5.74, 6) is -1.05. The third-order valence-corrected chi connectivity index (χ3v) is 5.50. The maximum absolute atomic E-state index is 13.1. The lowest BCUT2D eigenvalue weighted by atomic mass is 9.83. The molecule has 1 aromatic carbocycles. The molecule has 0 spiro atoms. The van der Waals surface area contributed by atoms with Gasteiger partial charge in [-0.1, -0.05) is 23.7 Å². The Morgan fingerprint density at radius 2 is 1.50 bits per heavy atom. The number of benzene rings is 1. The Hall–Kier alpha value is -3.07. The molecule has 8 nitrogen and oxygen atoms in total. The van der Waals surface area contributed by atoms with E-state index >= 15 is 0 Å². The van der Waals surface area contributed by atoms with Gasteiger partial charge in [-0.15, -0.1) is 0 Å². The summed E-state index contributed by atoms with van der Waals surface area (Å²) in [6, 6.07) is 10.7. The van der Waals surface area contributed by atoms with E-state index in [0.29, 0.717) is 27.9 Å². The lowest BCUT2D eigenvalue weighted by molar-refractivity contribution is -0.141. The predicted molar refractivity (Wildman–Crippen MR) is 126 cm³/mol. The number of methoxy groups -OCH3 is 2. The molecule has 0 atom stereocenters. The van der Waals surface area contributed by atoms with Crippen molar-refractivity contribution in [2.75, 3.05) is 40.6 Å². The van der Waals surface area contributed by atoms with Gasteiger partial charge in [0.2, 0.25) is 0 Å². The van der Waals surface area contributed by atoms with E-state index in [-0.39, 0.29) is 37.6 Å². The molecule has 1 aliphatic heterocycles. The fourth-order valence-corrected chi connectivity index (χ4v) is 3.91. The smallest absolute Gasteiger partial charge is 0.336 e. The minimum absolute atomic E-state index is 0.0705. The molecule has 0 fully saturated rings. The number of ether oxygens (including phenoxy) is 4. The van der Waals surface area contributed by atoms with Gasteiger partial charge in [-0.25, -0.2) is 9.59 Å². The first-order valence-electron chi connectivity index (χ1n) is 10.7. The molecule has 0 saturated heterocycles. The minimum atomic E-state index is -0.834. The van der Waals surface area contributed by atoms with Crippen LogP contribution in [0.4, 0.5) is 0 Å². The average Bonchev–Trinajstić information content (AvgIpc) is 3.29. The normalized spacial score (nSPS) is 14.3. The topological polar surface area (TPSA) is 96.2 Å². The van der Waals surface area contributed by atoms with Crippen molar-refractivity contribution < 1.29 is 33.0 Å². The molecule has 182 valence electrons. The number of dihydropyridines is 1. The van der Waals surface area contributed by atoms with Crippen LogP contribution in [0, 0.1) is 0 Å². The number of allylic oxidation sites excluding steroid dienone is 2. The molecule has 0 bridgehead atoms. The molecular weight excluding hydrogens is 462 g/mol. The molecular formula is C25H28ClNO7. The largest absolute Gasteiger partial charge is 0.460 e. The second-order valence-corrected chi connectivity index (χ2v) is 8.04. The van der Waals surface area contributed by atoms with Crippen LogP contribution in [0.25, 0.3) is 11.3 Å². The second kappa shape index (κ2) is 11.9. The number of carbonyl (C=O) groups excluding carboxylic acids is 2. The van der Waals surface area contributed by atoms with E-state index < -0.39 is 17.9 Å². The third kappa shape index (κ3) is 5.88. The Morgan fingerprint density at radius 1 is 0.912 bits per heavy atom. The number of halogens is 1. The van der Waals surface area contributed by atoms with Gasteiger partial charge in [0.15, 0.2) is 0 Å². The number of rotatable bonds is 10. The molecule has 34 heavy (non-hydrogen) atoms.